The van der Waals surface area contributed by atoms with Crippen molar-refractivity contribution in [3.63, 3.8) is 0 Å². The van der Waals surface area contributed by atoms with E-state index in [4.69, 9.17) is 24.3 Å². The van der Waals surface area contributed by atoms with Crippen molar-refractivity contribution in [3.05, 3.63) is 36.5 Å². The molecule has 0 radical (unpaired) electrons. The van der Waals surface area contributed by atoms with E-state index >= 15 is 0 Å². The Kier molecular flexibility index (Phi) is 40.5. The molecule has 0 rings (SSSR count). The Labute approximate surface area is 337 Å². The number of phosphoric acid groups is 1. The molecule has 0 aromatic rings. The number of ether oxygens (including phenoxy) is 2. The number of esters is 2. The number of allylic oxidation sites excluding steroid dienone is 6. The maximum atomic E-state index is 12.6. The highest BCUT2D eigenvalue weighted by Gasteiger charge is 2.26. The van der Waals surface area contributed by atoms with Gasteiger partial charge in [0.1, 0.15) is 6.61 Å². The van der Waals surface area contributed by atoms with Crippen molar-refractivity contribution >= 4 is 19.8 Å². The largest absolute Gasteiger partial charge is 0.472 e. The molecule has 55 heavy (non-hydrogen) atoms. The van der Waals surface area contributed by atoms with Gasteiger partial charge in [-0.25, -0.2) is 4.57 Å². The Morgan fingerprint density at radius 1 is 0.545 bits per heavy atom. The molecule has 0 fully saturated rings. The summed E-state index contributed by atoms with van der Waals surface area (Å²) in [4.78, 5) is 34.9. The minimum atomic E-state index is -4.38. The van der Waals surface area contributed by atoms with Gasteiger partial charge in [0.25, 0.3) is 0 Å². The Hall–Kier alpha value is -1.77. The molecule has 2 atom stereocenters. The van der Waals surface area contributed by atoms with Crippen LogP contribution in [0.2, 0.25) is 0 Å². The van der Waals surface area contributed by atoms with Gasteiger partial charge in [0.05, 0.1) is 13.2 Å². The van der Waals surface area contributed by atoms with E-state index in [1.165, 1.54) is 128 Å². The van der Waals surface area contributed by atoms with E-state index in [1.807, 2.05) is 0 Å². The lowest BCUT2D eigenvalue weighted by molar-refractivity contribution is -0.161. The Balaban J connectivity index is 4.15. The minimum Gasteiger partial charge on any atom is -0.462 e. The van der Waals surface area contributed by atoms with Crippen LogP contribution >= 0.6 is 7.82 Å². The second-order valence-corrected chi connectivity index (χ2v) is 16.4. The molecule has 0 bridgehead atoms. The molecule has 322 valence electrons. The SMILES string of the molecule is CCCCCCCC/C=C/C/C=C/CCCCC(=O)O[C@H](COC(=O)CCCCCCCCCCC/C=C/CCCCCCCC)COP(=O)(O)OCCN. The number of carbonyl (C=O) groups excluding carboxylic acids is 2. The predicted octanol–water partition coefficient (Wildman–Crippen LogP) is 12.9. The Bertz CT molecular complexity index is 1000. The lowest BCUT2D eigenvalue weighted by Crippen LogP contribution is -2.29. The number of unbranched alkanes of at least 4 members (excludes halogenated alkanes) is 23. The smallest absolute Gasteiger partial charge is 0.462 e. The summed E-state index contributed by atoms with van der Waals surface area (Å²) in [7, 11) is -4.38. The third kappa shape index (κ3) is 41.7. The fourth-order valence-electron chi connectivity index (χ4n) is 6.13. The average Bonchev–Trinajstić information content (AvgIpc) is 3.17. The maximum absolute atomic E-state index is 12.6. The molecular weight excluding hydrogens is 713 g/mol. The number of nitrogens with two attached hydrogens (primary N) is 1. The van der Waals surface area contributed by atoms with Gasteiger partial charge in [-0.2, -0.15) is 0 Å². The number of hydrogen-bond acceptors (Lipinski definition) is 8. The molecule has 0 aromatic heterocycles. The van der Waals surface area contributed by atoms with Crippen molar-refractivity contribution in [1.82, 2.24) is 0 Å². The van der Waals surface area contributed by atoms with Crippen molar-refractivity contribution in [2.24, 2.45) is 5.73 Å². The molecule has 0 saturated carbocycles. The summed E-state index contributed by atoms with van der Waals surface area (Å²) in [6.07, 6.45) is 46.1. The summed E-state index contributed by atoms with van der Waals surface area (Å²) in [5, 5.41) is 0. The number of phosphoric ester groups is 1. The molecule has 0 spiro atoms. The third-order valence-electron chi connectivity index (χ3n) is 9.50. The van der Waals surface area contributed by atoms with Gasteiger partial charge in [0.15, 0.2) is 6.10 Å². The standard InChI is InChI=1S/C45H84NO8P/c1-3-5-7-9-11-13-15-17-19-20-21-22-24-25-27-29-31-33-35-37-44(47)51-41-43(42-53-55(49,50)52-40-39-46)54-45(48)38-36-34-32-30-28-26-23-18-16-14-12-10-8-6-4-2/h17-19,23,28,30,43H,3-16,20-22,24-27,29,31-42,46H2,1-2H3,(H,49,50)/b19-17+,23-18+,30-28+/t43-/m1/s1. The molecule has 10 heteroatoms. The van der Waals surface area contributed by atoms with Gasteiger partial charge in [0.2, 0.25) is 0 Å². The van der Waals surface area contributed by atoms with Crippen LogP contribution in [0.15, 0.2) is 36.5 Å². The molecule has 0 saturated heterocycles. The quantitative estimate of drug-likeness (QED) is 0.0268. The molecule has 0 aliphatic rings. The lowest BCUT2D eigenvalue weighted by atomic mass is 10.1. The van der Waals surface area contributed by atoms with Crippen LogP contribution in [-0.4, -0.2) is 49.3 Å². The molecule has 0 heterocycles. The van der Waals surface area contributed by atoms with Crippen LogP contribution in [-0.2, 0) is 32.7 Å². The summed E-state index contributed by atoms with van der Waals surface area (Å²) >= 11 is 0. The highest BCUT2D eigenvalue weighted by molar-refractivity contribution is 7.47. The first kappa shape index (κ1) is 53.2. The van der Waals surface area contributed by atoms with E-state index in [0.717, 1.165) is 44.9 Å². The van der Waals surface area contributed by atoms with Crippen LogP contribution in [0.4, 0.5) is 0 Å². The molecule has 0 aliphatic carbocycles. The summed E-state index contributed by atoms with van der Waals surface area (Å²) in [6, 6.07) is 0. The first-order chi connectivity index (χ1) is 26.8. The van der Waals surface area contributed by atoms with E-state index in [1.54, 1.807) is 0 Å². The van der Waals surface area contributed by atoms with E-state index in [0.29, 0.717) is 6.42 Å². The molecule has 0 aliphatic heterocycles. The first-order valence-electron chi connectivity index (χ1n) is 22.5. The predicted molar refractivity (Wildman–Crippen MR) is 229 cm³/mol. The van der Waals surface area contributed by atoms with E-state index in [9.17, 15) is 19.0 Å². The van der Waals surface area contributed by atoms with Gasteiger partial charge < -0.3 is 20.1 Å². The van der Waals surface area contributed by atoms with E-state index in [-0.39, 0.29) is 32.6 Å². The summed E-state index contributed by atoms with van der Waals surface area (Å²) < 4.78 is 32.8. The van der Waals surface area contributed by atoms with Crippen LogP contribution in [0, 0.1) is 0 Å². The van der Waals surface area contributed by atoms with Crippen molar-refractivity contribution in [2.45, 2.75) is 213 Å². The van der Waals surface area contributed by atoms with Crippen molar-refractivity contribution < 1.29 is 37.6 Å². The van der Waals surface area contributed by atoms with Gasteiger partial charge in [-0.1, -0.05) is 159 Å². The van der Waals surface area contributed by atoms with Crippen molar-refractivity contribution in [3.8, 4) is 0 Å². The van der Waals surface area contributed by atoms with Crippen LogP contribution < -0.4 is 5.73 Å². The fourth-order valence-corrected chi connectivity index (χ4v) is 6.89. The third-order valence-corrected chi connectivity index (χ3v) is 10.5. The number of carbonyl (C=O) groups is 2. The number of rotatable bonds is 42. The molecular formula is C45H84NO8P. The molecule has 1 unspecified atom stereocenters. The average molecular weight is 798 g/mol. The molecule has 0 aromatic carbocycles. The Morgan fingerprint density at radius 3 is 1.44 bits per heavy atom. The van der Waals surface area contributed by atoms with Crippen LogP contribution in [0.25, 0.3) is 0 Å². The normalized spacial score (nSPS) is 13.6. The van der Waals surface area contributed by atoms with Gasteiger partial charge in [0, 0.05) is 19.4 Å². The maximum Gasteiger partial charge on any atom is 0.472 e. The van der Waals surface area contributed by atoms with Crippen molar-refractivity contribution in [1.29, 1.82) is 0 Å². The fraction of sp³-hybridized carbons (Fsp3) is 0.822. The molecule has 0 amide bonds. The number of hydrogen-bond donors (Lipinski definition) is 2. The summed E-state index contributed by atoms with van der Waals surface area (Å²) in [5.74, 6) is -0.866. The second-order valence-electron chi connectivity index (χ2n) is 14.9. The van der Waals surface area contributed by atoms with E-state index < -0.39 is 32.5 Å². The Morgan fingerprint density at radius 2 is 0.945 bits per heavy atom. The highest BCUT2D eigenvalue weighted by Crippen LogP contribution is 2.43. The minimum absolute atomic E-state index is 0.0482. The zero-order chi connectivity index (χ0) is 40.3. The van der Waals surface area contributed by atoms with Gasteiger partial charge in [-0.15, -0.1) is 0 Å². The monoisotopic (exact) mass is 798 g/mol. The molecule has 9 nitrogen and oxygen atoms in total. The van der Waals surface area contributed by atoms with Crippen LogP contribution in [0.5, 0.6) is 0 Å². The van der Waals surface area contributed by atoms with Crippen LogP contribution in [0.1, 0.15) is 206 Å². The second kappa shape index (κ2) is 41.9. The van der Waals surface area contributed by atoms with Crippen molar-refractivity contribution in [2.75, 3.05) is 26.4 Å². The van der Waals surface area contributed by atoms with E-state index in [2.05, 4.69) is 50.3 Å². The molecule has 3 N–H and O–H groups in total. The van der Waals surface area contributed by atoms with Gasteiger partial charge in [-0.3, -0.25) is 18.6 Å². The van der Waals surface area contributed by atoms with Gasteiger partial charge >= 0.3 is 19.8 Å². The summed E-state index contributed by atoms with van der Waals surface area (Å²) in [6.45, 7) is 3.69. The van der Waals surface area contributed by atoms with Crippen LogP contribution in [0.3, 0.4) is 0 Å². The topological polar surface area (TPSA) is 134 Å². The zero-order valence-electron chi connectivity index (χ0n) is 35.4. The first-order valence-corrected chi connectivity index (χ1v) is 24.0. The highest BCUT2D eigenvalue weighted by atomic mass is 31.2. The lowest BCUT2D eigenvalue weighted by Gasteiger charge is -2.19. The zero-order valence-corrected chi connectivity index (χ0v) is 36.3. The van der Waals surface area contributed by atoms with Gasteiger partial charge in [-0.05, 0) is 70.6 Å². The summed E-state index contributed by atoms with van der Waals surface area (Å²) in [5.41, 5.74) is 5.35.